The molecule has 0 bridgehead atoms. The van der Waals surface area contributed by atoms with Gasteiger partial charge in [-0.25, -0.2) is 0 Å². The number of aromatic nitrogens is 1. The summed E-state index contributed by atoms with van der Waals surface area (Å²) in [6, 6.07) is 9.85. The van der Waals surface area contributed by atoms with Crippen LogP contribution in [0.1, 0.15) is 55.4 Å². The molecule has 1 saturated carbocycles. The van der Waals surface area contributed by atoms with Crippen molar-refractivity contribution >= 4 is 17.5 Å². The molecule has 2 N–H and O–H groups in total. The molecule has 0 unspecified atom stereocenters. The van der Waals surface area contributed by atoms with Crippen LogP contribution in [0.25, 0.3) is 11.1 Å². The minimum absolute atomic E-state index is 0.00390. The van der Waals surface area contributed by atoms with Crippen LogP contribution in [0.4, 0.5) is 0 Å². The van der Waals surface area contributed by atoms with Crippen molar-refractivity contribution in [2.24, 2.45) is 0 Å². The fourth-order valence-electron chi connectivity index (χ4n) is 3.20. The maximum atomic E-state index is 12.4. The Morgan fingerprint density at radius 2 is 1.65 bits per heavy atom. The van der Waals surface area contributed by atoms with Gasteiger partial charge in [-0.15, -0.1) is 0 Å². The summed E-state index contributed by atoms with van der Waals surface area (Å²) >= 11 is 5.92. The predicted molar refractivity (Wildman–Crippen MR) is 94.8 cm³/mol. The van der Waals surface area contributed by atoms with E-state index in [4.69, 9.17) is 11.6 Å². The van der Waals surface area contributed by atoms with E-state index in [1.54, 1.807) is 0 Å². The lowest BCUT2D eigenvalue weighted by atomic mass is 9.96. The van der Waals surface area contributed by atoms with Crippen LogP contribution < -0.4 is 5.32 Å². The van der Waals surface area contributed by atoms with Gasteiger partial charge in [0.2, 0.25) is 0 Å². The molecular formula is C19H23ClN2O. The standard InChI is InChI=1S/C19H23ClN2O/c20-16-10-8-14(9-11-16)15-12-18(21-13-15)19(23)22-17-6-4-2-1-3-5-7-17/h8-13,17,21H,1-7H2,(H,22,23). The van der Waals surface area contributed by atoms with Crippen molar-refractivity contribution in [3.8, 4) is 11.1 Å². The molecule has 1 aliphatic carbocycles. The average molecular weight is 331 g/mol. The van der Waals surface area contributed by atoms with Gasteiger partial charge in [0, 0.05) is 17.3 Å². The number of hydrogen-bond acceptors (Lipinski definition) is 1. The van der Waals surface area contributed by atoms with E-state index in [9.17, 15) is 4.79 Å². The van der Waals surface area contributed by atoms with Gasteiger partial charge in [0.1, 0.15) is 5.69 Å². The van der Waals surface area contributed by atoms with E-state index in [1.807, 2.05) is 36.5 Å². The summed E-state index contributed by atoms with van der Waals surface area (Å²) in [4.78, 5) is 15.5. The van der Waals surface area contributed by atoms with Gasteiger partial charge >= 0.3 is 0 Å². The lowest BCUT2D eigenvalue weighted by molar-refractivity contribution is 0.0926. The highest BCUT2D eigenvalue weighted by Crippen LogP contribution is 2.23. The number of nitrogens with one attached hydrogen (secondary N) is 2. The molecule has 1 aliphatic rings. The number of amides is 1. The average Bonchev–Trinajstić information content (AvgIpc) is 3.00. The molecule has 0 radical (unpaired) electrons. The van der Waals surface area contributed by atoms with Crippen molar-refractivity contribution in [3.63, 3.8) is 0 Å². The molecule has 0 aliphatic heterocycles. The van der Waals surface area contributed by atoms with Gasteiger partial charge in [-0.1, -0.05) is 55.8 Å². The van der Waals surface area contributed by atoms with Gasteiger partial charge in [-0.2, -0.15) is 0 Å². The molecule has 1 amide bonds. The van der Waals surface area contributed by atoms with Crippen molar-refractivity contribution < 1.29 is 4.79 Å². The summed E-state index contributed by atoms with van der Waals surface area (Å²) in [5, 5.41) is 3.90. The second-order valence-corrected chi connectivity index (χ2v) is 6.76. The maximum absolute atomic E-state index is 12.4. The lowest BCUT2D eigenvalue weighted by Gasteiger charge is -2.20. The number of benzene rings is 1. The smallest absolute Gasteiger partial charge is 0.267 e. The summed E-state index contributed by atoms with van der Waals surface area (Å²) in [6.07, 6.45) is 10.4. The van der Waals surface area contributed by atoms with E-state index >= 15 is 0 Å². The van der Waals surface area contributed by atoms with Gasteiger partial charge in [-0.3, -0.25) is 4.79 Å². The summed E-state index contributed by atoms with van der Waals surface area (Å²) < 4.78 is 0. The van der Waals surface area contributed by atoms with E-state index in [1.165, 1.54) is 32.1 Å². The minimum Gasteiger partial charge on any atom is -0.357 e. The molecule has 3 rings (SSSR count). The Morgan fingerprint density at radius 3 is 2.35 bits per heavy atom. The van der Waals surface area contributed by atoms with Crippen molar-refractivity contribution in [3.05, 3.63) is 47.2 Å². The first kappa shape index (κ1) is 16.1. The summed E-state index contributed by atoms with van der Waals surface area (Å²) in [5.41, 5.74) is 2.68. The first-order valence-electron chi connectivity index (χ1n) is 8.47. The monoisotopic (exact) mass is 330 g/mol. The van der Waals surface area contributed by atoms with Gasteiger partial charge in [0.15, 0.2) is 0 Å². The minimum atomic E-state index is -0.00390. The summed E-state index contributed by atoms with van der Waals surface area (Å²) in [5.74, 6) is -0.00390. The zero-order valence-electron chi connectivity index (χ0n) is 13.3. The third-order valence-corrected chi connectivity index (χ3v) is 4.80. The van der Waals surface area contributed by atoms with E-state index < -0.39 is 0 Å². The second-order valence-electron chi connectivity index (χ2n) is 6.32. The molecule has 2 aromatic rings. The van der Waals surface area contributed by atoms with Gasteiger partial charge in [-0.05, 0) is 42.2 Å². The fourth-order valence-corrected chi connectivity index (χ4v) is 3.32. The van der Waals surface area contributed by atoms with Crippen LogP contribution in [0, 0.1) is 0 Å². The molecule has 122 valence electrons. The normalized spacial score (nSPS) is 16.6. The first-order valence-corrected chi connectivity index (χ1v) is 8.85. The predicted octanol–water partition coefficient (Wildman–Crippen LogP) is 5.18. The molecule has 1 fully saturated rings. The maximum Gasteiger partial charge on any atom is 0.267 e. The SMILES string of the molecule is O=C(NC1CCCCCCC1)c1cc(-c2ccc(Cl)cc2)c[nH]1. The third-order valence-electron chi connectivity index (χ3n) is 4.55. The highest BCUT2D eigenvalue weighted by atomic mass is 35.5. The van der Waals surface area contributed by atoms with Crippen LogP contribution in [0.2, 0.25) is 5.02 Å². The van der Waals surface area contributed by atoms with Crippen molar-refractivity contribution in [2.75, 3.05) is 0 Å². The van der Waals surface area contributed by atoms with E-state index in [0.717, 1.165) is 24.0 Å². The Kier molecular flexibility index (Phi) is 5.39. The van der Waals surface area contributed by atoms with E-state index in [0.29, 0.717) is 16.8 Å². The highest BCUT2D eigenvalue weighted by molar-refractivity contribution is 6.30. The number of H-pyrrole nitrogens is 1. The molecule has 23 heavy (non-hydrogen) atoms. The van der Waals surface area contributed by atoms with Gasteiger partial charge in [0.05, 0.1) is 0 Å². The molecule has 1 aromatic heterocycles. The lowest BCUT2D eigenvalue weighted by Crippen LogP contribution is -2.35. The number of aromatic amines is 1. The molecule has 4 heteroatoms. The number of halogens is 1. The molecule has 3 nitrogen and oxygen atoms in total. The van der Waals surface area contributed by atoms with Crippen molar-refractivity contribution in [2.45, 2.75) is 51.0 Å². The molecule has 0 saturated heterocycles. The van der Waals surface area contributed by atoms with E-state index in [2.05, 4.69) is 10.3 Å². The Bertz CT molecular complexity index is 640. The van der Waals surface area contributed by atoms with Crippen molar-refractivity contribution in [1.82, 2.24) is 10.3 Å². The first-order chi connectivity index (χ1) is 11.2. The Morgan fingerprint density at radius 1 is 1.00 bits per heavy atom. The zero-order chi connectivity index (χ0) is 16.1. The Labute approximate surface area is 142 Å². The highest BCUT2D eigenvalue weighted by Gasteiger charge is 2.16. The van der Waals surface area contributed by atoms with Crippen molar-refractivity contribution in [1.29, 1.82) is 0 Å². The Hall–Kier alpha value is -1.74. The van der Waals surface area contributed by atoms with E-state index in [-0.39, 0.29) is 5.91 Å². The van der Waals surface area contributed by atoms with Crippen LogP contribution in [-0.4, -0.2) is 16.9 Å². The zero-order valence-corrected chi connectivity index (χ0v) is 14.0. The topological polar surface area (TPSA) is 44.9 Å². The third kappa shape index (κ3) is 4.38. The fraction of sp³-hybridized carbons (Fsp3) is 0.421. The number of carbonyl (C=O) groups excluding carboxylic acids is 1. The van der Waals surface area contributed by atoms with Gasteiger partial charge in [0.25, 0.3) is 5.91 Å². The summed E-state index contributed by atoms with van der Waals surface area (Å²) in [6.45, 7) is 0. The number of carbonyl (C=O) groups is 1. The summed E-state index contributed by atoms with van der Waals surface area (Å²) in [7, 11) is 0. The largest absolute Gasteiger partial charge is 0.357 e. The number of hydrogen-bond donors (Lipinski definition) is 2. The van der Waals surface area contributed by atoms with Crippen LogP contribution in [-0.2, 0) is 0 Å². The van der Waals surface area contributed by atoms with Crippen LogP contribution >= 0.6 is 11.6 Å². The van der Waals surface area contributed by atoms with Crippen LogP contribution in [0.15, 0.2) is 36.5 Å². The second kappa shape index (κ2) is 7.69. The Balaban J connectivity index is 1.64. The van der Waals surface area contributed by atoms with Crippen LogP contribution in [0.5, 0.6) is 0 Å². The quantitative estimate of drug-likeness (QED) is 0.800. The van der Waals surface area contributed by atoms with Gasteiger partial charge < -0.3 is 10.3 Å². The molecule has 0 spiro atoms. The molecule has 1 heterocycles. The van der Waals surface area contributed by atoms with Crippen LogP contribution in [0.3, 0.4) is 0 Å². The molecule has 1 aromatic carbocycles. The number of rotatable bonds is 3. The molecular weight excluding hydrogens is 308 g/mol. The molecule has 0 atom stereocenters.